The molecule has 1 fully saturated rings. The number of benzene rings is 1. The maximum Gasteiger partial charge on any atom is 0.160 e. The van der Waals surface area contributed by atoms with Crippen molar-refractivity contribution in [3.63, 3.8) is 0 Å². The Morgan fingerprint density at radius 3 is 2.56 bits per heavy atom. The number of hydrogen-bond acceptors (Lipinski definition) is 2. The first kappa shape index (κ1) is 11.7. The zero-order valence-electron chi connectivity index (χ0n) is 8.66. The Bertz CT molecular complexity index is 424. The molecule has 1 aliphatic rings. The van der Waals surface area contributed by atoms with E-state index < -0.39 is 22.4 Å². The Morgan fingerprint density at radius 1 is 1.25 bits per heavy atom. The van der Waals surface area contributed by atoms with E-state index in [1.54, 1.807) is 0 Å². The van der Waals surface area contributed by atoms with Gasteiger partial charge < -0.3 is 5.73 Å². The highest BCUT2D eigenvalue weighted by molar-refractivity contribution is 7.85. The van der Waals surface area contributed by atoms with Crippen molar-refractivity contribution >= 4 is 10.8 Å². The lowest BCUT2D eigenvalue weighted by Gasteiger charge is -2.09. The number of nitrogens with two attached hydrogens (primary N) is 1. The van der Waals surface area contributed by atoms with Crippen LogP contribution in [0.5, 0.6) is 0 Å². The third-order valence-electron chi connectivity index (χ3n) is 2.85. The van der Waals surface area contributed by atoms with Crippen molar-refractivity contribution in [1.29, 1.82) is 0 Å². The van der Waals surface area contributed by atoms with E-state index >= 15 is 0 Å². The van der Waals surface area contributed by atoms with Gasteiger partial charge in [-0.3, -0.25) is 4.21 Å². The SMILES string of the molecule is NC1CCC(S(=O)c2ccc(F)c(F)c2)C1. The Balaban J connectivity index is 2.18. The van der Waals surface area contributed by atoms with Gasteiger partial charge in [0.1, 0.15) is 0 Å². The van der Waals surface area contributed by atoms with Crippen LogP contribution in [0.2, 0.25) is 0 Å². The Morgan fingerprint density at radius 2 is 2.00 bits per heavy atom. The fourth-order valence-electron chi connectivity index (χ4n) is 1.96. The van der Waals surface area contributed by atoms with Gasteiger partial charge >= 0.3 is 0 Å². The van der Waals surface area contributed by atoms with Gasteiger partial charge in [0.05, 0.1) is 10.8 Å². The highest BCUT2D eigenvalue weighted by Gasteiger charge is 2.27. The van der Waals surface area contributed by atoms with Crippen LogP contribution in [0, 0.1) is 11.6 Å². The minimum atomic E-state index is -1.28. The van der Waals surface area contributed by atoms with E-state index in [0.29, 0.717) is 11.3 Å². The molecule has 0 bridgehead atoms. The zero-order chi connectivity index (χ0) is 11.7. The molecule has 0 spiro atoms. The van der Waals surface area contributed by atoms with Crippen LogP contribution in [0.4, 0.5) is 8.78 Å². The van der Waals surface area contributed by atoms with E-state index in [9.17, 15) is 13.0 Å². The van der Waals surface area contributed by atoms with Crippen LogP contribution in [-0.2, 0) is 10.8 Å². The predicted molar refractivity (Wildman–Crippen MR) is 58.4 cm³/mol. The van der Waals surface area contributed by atoms with Crippen LogP contribution in [0.3, 0.4) is 0 Å². The summed E-state index contributed by atoms with van der Waals surface area (Å²) >= 11 is 0. The topological polar surface area (TPSA) is 43.1 Å². The Kier molecular flexibility index (Phi) is 3.35. The van der Waals surface area contributed by atoms with Gasteiger partial charge in [-0.2, -0.15) is 0 Å². The van der Waals surface area contributed by atoms with Crippen LogP contribution in [0.1, 0.15) is 19.3 Å². The van der Waals surface area contributed by atoms with E-state index in [4.69, 9.17) is 5.73 Å². The van der Waals surface area contributed by atoms with Crippen LogP contribution < -0.4 is 5.73 Å². The molecule has 88 valence electrons. The average molecular weight is 245 g/mol. The zero-order valence-corrected chi connectivity index (χ0v) is 9.47. The number of rotatable bonds is 2. The molecule has 1 aromatic rings. The molecule has 2 nitrogen and oxygen atoms in total. The van der Waals surface area contributed by atoms with Crippen molar-refractivity contribution in [2.45, 2.75) is 35.4 Å². The predicted octanol–water partition coefficient (Wildman–Crippen LogP) is 1.95. The standard InChI is InChI=1S/C11H13F2NOS/c12-10-4-3-9(6-11(10)13)16(15)8-2-1-7(14)5-8/h3-4,6-8H,1-2,5,14H2. The quantitative estimate of drug-likeness (QED) is 0.865. The summed E-state index contributed by atoms with van der Waals surface area (Å²) in [6, 6.07) is 3.48. The first-order valence-electron chi connectivity index (χ1n) is 5.19. The average Bonchev–Trinajstić information content (AvgIpc) is 2.68. The third-order valence-corrected chi connectivity index (χ3v) is 4.60. The van der Waals surface area contributed by atoms with Gasteiger partial charge in [0.15, 0.2) is 11.6 Å². The molecule has 0 amide bonds. The normalized spacial score (nSPS) is 26.9. The lowest BCUT2D eigenvalue weighted by molar-refractivity contribution is 0.505. The van der Waals surface area contributed by atoms with Gasteiger partial charge in [-0.05, 0) is 37.5 Å². The second-order valence-corrected chi connectivity index (χ2v) is 5.80. The molecule has 5 heteroatoms. The fourth-order valence-corrected chi connectivity index (χ4v) is 3.54. The monoisotopic (exact) mass is 245 g/mol. The van der Waals surface area contributed by atoms with Gasteiger partial charge in [0.2, 0.25) is 0 Å². The van der Waals surface area contributed by atoms with Gasteiger partial charge in [-0.1, -0.05) is 0 Å². The molecule has 16 heavy (non-hydrogen) atoms. The van der Waals surface area contributed by atoms with E-state index in [0.717, 1.165) is 25.0 Å². The van der Waals surface area contributed by atoms with Crippen molar-refractivity contribution in [3.05, 3.63) is 29.8 Å². The van der Waals surface area contributed by atoms with Crippen LogP contribution >= 0.6 is 0 Å². The molecule has 2 N–H and O–H groups in total. The third kappa shape index (κ3) is 2.30. The molecule has 0 aliphatic heterocycles. The molecule has 0 radical (unpaired) electrons. The summed E-state index contributed by atoms with van der Waals surface area (Å²) in [5.41, 5.74) is 5.73. The van der Waals surface area contributed by atoms with Crippen molar-refractivity contribution in [2.24, 2.45) is 5.73 Å². The van der Waals surface area contributed by atoms with E-state index in [2.05, 4.69) is 0 Å². The molecule has 0 saturated heterocycles. The van der Waals surface area contributed by atoms with E-state index in [1.165, 1.54) is 6.07 Å². The first-order chi connectivity index (χ1) is 7.58. The summed E-state index contributed by atoms with van der Waals surface area (Å²) in [6.45, 7) is 0. The fraction of sp³-hybridized carbons (Fsp3) is 0.455. The van der Waals surface area contributed by atoms with Crippen molar-refractivity contribution in [2.75, 3.05) is 0 Å². The lowest BCUT2D eigenvalue weighted by Crippen LogP contribution is -2.18. The molecule has 2 rings (SSSR count). The Hall–Kier alpha value is -0.810. The molecule has 3 atom stereocenters. The summed E-state index contributed by atoms with van der Waals surface area (Å²) in [5, 5.41) is -0.0279. The summed E-state index contributed by atoms with van der Waals surface area (Å²) in [4.78, 5) is 0.345. The van der Waals surface area contributed by atoms with Crippen LogP contribution in [0.15, 0.2) is 23.1 Å². The van der Waals surface area contributed by atoms with Gasteiger partial charge in [-0.25, -0.2) is 8.78 Å². The smallest absolute Gasteiger partial charge is 0.160 e. The Labute approximate surface area is 95.3 Å². The maximum atomic E-state index is 13.0. The van der Waals surface area contributed by atoms with Gasteiger partial charge in [0.25, 0.3) is 0 Å². The summed E-state index contributed by atoms with van der Waals surface area (Å²) in [6.07, 6.45) is 2.32. The highest BCUT2D eigenvalue weighted by Crippen LogP contribution is 2.26. The molecular formula is C11H13F2NOS. The first-order valence-corrected chi connectivity index (χ1v) is 6.40. The highest BCUT2D eigenvalue weighted by atomic mass is 32.2. The number of hydrogen-bond donors (Lipinski definition) is 1. The largest absolute Gasteiger partial charge is 0.328 e. The molecule has 0 heterocycles. The molecule has 0 aromatic heterocycles. The van der Waals surface area contributed by atoms with Crippen LogP contribution in [0.25, 0.3) is 0 Å². The second-order valence-electron chi connectivity index (χ2n) is 4.07. The van der Waals surface area contributed by atoms with E-state index in [-0.39, 0.29) is 11.3 Å². The lowest BCUT2D eigenvalue weighted by atomic mass is 10.3. The van der Waals surface area contributed by atoms with E-state index in [1.807, 2.05) is 0 Å². The molecule has 1 saturated carbocycles. The molecular weight excluding hydrogens is 232 g/mol. The summed E-state index contributed by atoms with van der Waals surface area (Å²) in [5.74, 6) is -1.86. The maximum absolute atomic E-state index is 13.0. The minimum Gasteiger partial charge on any atom is -0.328 e. The molecule has 1 aromatic carbocycles. The van der Waals surface area contributed by atoms with Crippen LogP contribution in [-0.4, -0.2) is 15.5 Å². The molecule has 3 unspecified atom stereocenters. The van der Waals surface area contributed by atoms with Crippen molar-refractivity contribution in [1.82, 2.24) is 0 Å². The minimum absolute atomic E-state index is 0.0279. The van der Waals surface area contributed by atoms with Crippen molar-refractivity contribution in [3.8, 4) is 0 Å². The summed E-state index contributed by atoms with van der Waals surface area (Å²) < 4.78 is 37.7. The summed E-state index contributed by atoms with van der Waals surface area (Å²) in [7, 11) is -1.28. The molecule has 1 aliphatic carbocycles. The van der Waals surface area contributed by atoms with Crippen molar-refractivity contribution < 1.29 is 13.0 Å². The number of halogens is 2. The van der Waals surface area contributed by atoms with Gasteiger partial charge in [-0.15, -0.1) is 0 Å². The second kappa shape index (κ2) is 4.59. The van der Waals surface area contributed by atoms with Gasteiger partial charge in [0, 0.05) is 16.2 Å².